The van der Waals surface area contributed by atoms with E-state index in [0.717, 1.165) is 0 Å². The summed E-state index contributed by atoms with van der Waals surface area (Å²) in [4.78, 5) is 14.3. The standard InChI is InChI=1S/C8H9ClN4O/c9-5-1-3-6(4-2-5)12-8(14)13-7(10)11/h1-4H,(H5,10,11,12,13,14). The molecule has 0 aliphatic rings. The van der Waals surface area contributed by atoms with E-state index >= 15 is 0 Å². The SMILES string of the molecule is NC(N)=NC(=O)Nc1ccc(Cl)cc1. The monoisotopic (exact) mass is 212 g/mol. The fraction of sp³-hybridized carbons (Fsp3) is 0. The van der Waals surface area contributed by atoms with Crippen molar-refractivity contribution in [3.05, 3.63) is 29.3 Å². The molecule has 14 heavy (non-hydrogen) atoms. The van der Waals surface area contributed by atoms with Crippen LogP contribution in [0.3, 0.4) is 0 Å². The molecule has 0 aromatic heterocycles. The average Bonchev–Trinajstić information content (AvgIpc) is 2.07. The number of nitrogens with zero attached hydrogens (tertiary/aromatic N) is 1. The second-order valence-electron chi connectivity index (χ2n) is 2.47. The maximum absolute atomic E-state index is 11.0. The van der Waals surface area contributed by atoms with Gasteiger partial charge in [0.2, 0.25) is 0 Å². The minimum Gasteiger partial charge on any atom is -0.370 e. The van der Waals surface area contributed by atoms with Gasteiger partial charge < -0.3 is 16.8 Å². The third-order valence-electron chi connectivity index (χ3n) is 1.33. The van der Waals surface area contributed by atoms with Gasteiger partial charge in [-0.2, -0.15) is 4.99 Å². The molecule has 1 aromatic carbocycles. The van der Waals surface area contributed by atoms with Gasteiger partial charge in [-0.15, -0.1) is 0 Å². The van der Waals surface area contributed by atoms with Gasteiger partial charge in [-0.1, -0.05) is 11.6 Å². The molecule has 1 rings (SSSR count). The summed E-state index contributed by atoms with van der Waals surface area (Å²) in [5.74, 6) is -0.281. The van der Waals surface area contributed by atoms with Crippen molar-refractivity contribution >= 4 is 29.3 Å². The zero-order chi connectivity index (χ0) is 10.6. The van der Waals surface area contributed by atoms with E-state index in [1.165, 1.54) is 0 Å². The number of carbonyl (C=O) groups is 1. The molecule has 5 N–H and O–H groups in total. The lowest BCUT2D eigenvalue weighted by Gasteiger charge is -2.00. The van der Waals surface area contributed by atoms with E-state index in [2.05, 4.69) is 10.3 Å². The first kappa shape index (κ1) is 10.3. The molecular formula is C8H9ClN4O. The lowest BCUT2D eigenvalue weighted by molar-refractivity contribution is 0.259. The number of nitrogens with two attached hydrogens (primary N) is 2. The predicted molar refractivity (Wildman–Crippen MR) is 56.3 cm³/mol. The molecule has 0 bridgehead atoms. The van der Waals surface area contributed by atoms with Crippen LogP contribution in [-0.4, -0.2) is 12.0 Å². The Kier molecular flexibility index (Phi) is 3.30. The summed E-state index contributed by atoms with van der Waals surface area (Å²) in [6.45, 7) is 0. The minimum absolute atomic E-state index is 0.281. The molecule has 5 nitrogen and oxygen atoms in total. The number of carbonyl (C=O) groups excluding carboxylic acids is 1. The highest BCUT2D eigenvalue weighted by molar-refractivity contribution is 6.30. The highest BCUT2D eigenvalue weighted by Gasteiger charge is 1.99. The van der Waals surface area contributed by atoms with Gasteiger partial charge in [0.05, 0.1) is 0 Å². The second-order valence-corrected chi connectivity index (χ2v) is 2.91. The highest BCUT2D eigenvalue weighted by atomic mass is 35.5. The van der Waals surface area contributed by atoms with Crippen LogP contribution in [0.25, 0.3) is 0 Å². The van der Waals surface area contributed by atoms with Crippen LogP contribution in [0.5, 0.6) is 0 Å². The number of halogens is 1. The molecule has 2 amide bonds. The molecule has 0 heterocycles. The molecule has 74 valence electrons. The number of hydrogen-bond donors (Lipinski definition) is 3. The Bertz CT molecular complexity index is 356. The zero-order valence-corrected chi connectivity index (χ0v) is 7.95. The molecule has 0 saturated carbocycles. The number of amides is 2. The van der Waals surface area contributed by atoms with Crippen LogP contribution in [0.4, 0.5) is 10.5 Å². The molecular weight excluding hydrogens is 204 g/mol. The summed E-state index contributed by atoms with van der Waals surface area (Å²) in [5, 5.41) is 3.04. The number of urea groups is 1. The van der Waals surface area contributed by atoms with Gasteiger partial charge in [0.15, 0.2) is 5.96 Å². The van der Waals surface area contributed by atoms with Crippen molar-refractivity contribution in [2.24, 2.45) is 16.5 Å². The van der Waals surface area contributed by atoms with Crippen molar-refractivity contribution in [1.82, 2.24) is 0 Å². The van der Waals surface area contributed by atoms with Crippen molar-refractivity contribution in [2.75, 3.05) is 5.32 Å². The van der Waals surface area contributed by atoms with Crippen LogP contribution >= 0.6 is 11.6 Å². The molecule has 0 radical (unpaired) electrons. The number of benzene rings is 1. The van der Waals surface area contributed by atoms with Crippen LogP contribution in [0, 0.1) is 0 Å². The topological polar surface area (TPSA) is 93.5 Å². The number of nitrogens with one attached hydrogen (secondary N) is 1. The van der Waals surface area contributed by atoms with Crippen molar-refractivity contribution in [2.45, 2.75) is 0 Å². The third-order valence-corrected chi connectivity index (χ3v) is 1.58. The van der Waals surface area contributed by atoms with E-state index in [0.29, 0.717) is 10.7 Å². The smallest absolute Gasteiger partial charge is 0.348 e. The number of anilines is 1. The molecule has 0 aliphatic heterocycles. The van der Waals surface area contributed by atoms with Crippen molar-refractivity contribution in [1.29, 1.82) is 0 Å². The Balaban J connectivity index is 2.66. The highest BCUT2D eigenvalue weighted by Crippen LogP contribution is 2.13. The molecule has 6 heteroatoms. The summed E-state index contributed by atoms with van der Waals surface area (Å²) in [6.07, 6.45) is 0. The number of guanidine groups is 1. The molecule has 0 spiro atoms. The largest absolute Gasteiger partial charge is 0.370 e. The maximum Gasteiger partial charge on any atom is 0.348 e. The van der Waals surface area contributed by atoms with E-state index in [9.17, 15) is 4.79 Å². The normalized spacial score (nSPS) is 9.21. The molecule has 0 saturated heterocycles. The third kappa shape index (κ3) is 3.32. The van der Waals surface area contributed by atoms with E-state index < -0.39 is 6.03 Å². The summed E-state index contributed by atoms with van der Waals surface area (Å²) in [6, 6.07) is 5.96. The number of rotatable bonds is 1. The van der Waals surface area contributed by atoms with Gasteiger partial charge in [-0.3, -0.25) is 0 Å². The van der Waals surface area contributed by atoms with Gasteiger partial charge in [0.1, 0.15) is 0 Å². The fourth-order valence-corrected chi connectivity index (χ4v) is 0.928. The van der Waals surface area contributed by atoms with E-state index in [1.54, 1.807) is 24.3 Å². The van der Waals surface area contributed by atoms with Gasteiger partial charge in [-0.25, -0.2) is 4.79 Å². The van der Waals surface area contributed by atoms with Crippen molar-refractivity contribution in [3.63, 3.8) is 0 Å². The lowest BCUT2D eigenvalue weighted by Crippen LogP contribution is -2.25. The first-order valence-electron chi connectivity index (χ1n) is 3.74. The molecule has 0 aliphatic carbocycles. The lowest BCUT2D eigenvalue weighted by atomic mass is 10.3. The molecule has 1 aromatic rings. The molecule has 0 atom stereocenters. The Morgan fingerprint density at radius 3 is 2.36 bits per heavy atom. The Morgan fingerprint density at radius 2 is 1.86 bits per heavy atom. The van der Waals surface area contributed by atoms with Crippen molar-refractivity contribution in [3.8, 4) is 0 Å². The Hall–Kier alpha value is -1.75. The fourth-order valence-electron chi connectivity index (χ4n) is 0.802. The van der Waals surface area contributed by atoms with Crippen LogP contribution in [0.2, 0.25) is 5.02 Å². The molecule has 0 unspecified atom stereocenters. The van der Waals surface area contributed by atoms with Gasteiger partial charge >= 0.3 is 6.03 Å². The first-order valence-corrected chi connectivity index (χ1v) is 4.12. The van der Waals surface area contributed by atoms with E-state index in [1.807, 2.05) is 0 Å². The second kappa shape index (κ2) is 4.48. The molecule has 0 fully saturated rings. The van der Waals surface area contributed by atoms with Crippen LogP contribution in [-0.2, 0) is 0 Å². The number of aliphatic imine (C=N–C) groups is 1. The zero-order valence-electron chi connectivity index (χ0n) is 7.20. The average molecular weight is 213 g/mol. The summed E-state index contributed by atoms with van der Waals surface area (Å²) in [7, 11) is 0. The van der Waals surface area contributed by atoms with E-state index in [4.69, 9.17) is 23.1 Å². The van der Waals surface area contributed by atoms with Crippen LogP contribution in [0.1, 0.15) is 0 Å². The predicted octanol–water partition coefficient (Wildman–Crippen LogP) is 1.15. The summed E-state index contributed by atoms with van der Waals surface area (Å²) < 4.78 is 0. The quantitative estimate of drug-likeness (QED) is 0.481. The Morgan fingerprint density at radius 1 is 1.29 bits per heavy atom. The van der Waals surface area contributed by atoms with Crippen molar-refractivity contribution < 1.29 is 4.79 Å². The van der Waals surface area contributed by atoms with Gasteiger partial charge in [-0.05, 0) is 24.3 Å². The maximum atomic E-state index is 11.0. The van der Waals surface area contributed by atoms with Gasteiger partial charge in [0, 0.05) is 10.7 Å². The number of hydrogen-bond acceptors (Lipinski definition) is 1. The van der Waals surface area contributed by atoms with Crippen LogP contribution < -0.4 is 16.8 Å². The van der Waals surface area contributed by atoms with Crippen LogP contribution in [0.15, 0.2) is 29.3 Å². The summed E-state index contributed by atoms with van der Waals surface area (Å²) >= 11 is 5.65. The first-order chi connectivity index (χ1) is 6.58. The van der Waals surface area contributed by atoms with Gasteiger partial charge in [0.25, 0.3) is 0 Å². The minimum atomic E-state index is -0.618. The Labute approximate surface area is 85.8 Å². The van der Waals surface area contributed by atoms with E-state index in [-0.39, 0.29) is 5.96 Å². The summed E-state index contributed by atoms with van der Waals surface area (Å²) in [5.41, 5.74) is 10.6.